The summed E-state index contributed by atoms with van der Waals surface area (Å²) in [6.45, 7) is 3.77. The van der Waals surface area contributed by atoms with Gasteiger partial charge in [0, 0.05) is 23.3 Å². The van der Waals surface area contributed by atoms with Gasteiger partial charge in [-0.2, -0.15) is 0 Å². The lowest BCUT2D eigenvalue weighted by Gasteiger charge is -2.28. The molecule has 1 amide bonds. The van der Waals surface area contributed by atoms with Crippen molar-refractivity contribution < 1.29 is 4.79 Å². The minimum Gasteiger partial charge on any atom is -0.342 e. The van der Waals surface area contributed by atoms with E-state index in [0.717, 1.165) is 44.1 Å². The van der Waals surface area contributed by atoms with Crippen molar-refractivity contribution in [3.8, 4) is 0 Å². The van der Waals surface area contributed by atoms with Crippen molar-refractivity contribution in [3.63, 3.8) is 0 Å². The van der Waals surface area contributed by atoms with E-state index in [1.54, 1.807) is 11.3 Å². The number of thiophene rings is 1. The molecular weight excluding hydrogens is 310 g/mol. The fraction of sp³-hybridized carbons (Fsp3) is 0.643. The van der Waals surface area contributed by atoms with Crippen LogP contribution in [0.4, 0.5) is 0 Å². The Morgan fingerprint density at radius 3 is 3.17 bits per heavy atom. The molecule has 2 rings (SSSR count). The van der Waals surface area contributed by atoms with Crippen molar-refractivity contribution in [1.82, 2.24) is 4.90 Å². The first-order valence-corrected chi connectivity index (χ1v) is 8.69. The van der Waals surface area contributed by atoms with Gasteiger partial charge in [0.05, 0.1) is 5.92 Å². The summed E-state index contributed by atoms with van der Waals surface area (Å²) in [6.07, 6.45) is 4.36. The number of halogens is 1. The van der Waals surface area contributed by atoms with Crippen molar-refractivity contribution >= 4 is 33.2 Å². The third kappa shape index (κ3) is 2.97. The average Bonchev–Trinajstić information content (AvgIpc) is 2.87. The SMILES string of the molecule is CCN(CCCBr)C(=O)C1CCCc2sccc21. The number of aryl methyl sites for hydroxylation is 1. The summed E-state index contributed by atoms with van der Waals surface area (Å²) in [4.78, 5) is 16.1. The molecule has 1 aliphatic carbocycles. The van der Waals surface area contributed by atoms with Gasteiger partial charge in [0.2, 0.25) is 5.91 Å². The molecule has 0 aliphatic heterocycles. The maximum Gasteiger partial charge on any atom is 0.230 e. The molecule has 0 aromatic carbocycles. The second kappa shape index (κ2) is 6.71. The van der Waals surface area contributed by atoms with Crippen LogP contribution in [-0.2, 0) is 11.2 Å². The largest absolute Gasteiger partial charge is 0.342 e. The molecule has 2 nitrogen and oxygen atoms in total. The van der Waals surface area contributed by atoms with Crippen LogP contribution in [0.2, 0.25) is 0 Å². The third-order valence-electron chi connectivity index (χ3n) is 3.61. The molecule has 1 aromatic heterocycles. The van der Waals surface area contributed by atoms with Crippen LogP contribution < -0.4 is 0 Å². The first-order valence-electron chi connectivity index (χ1n) is 6.69. The number of rotatable bonds is 5. The lowest BCUT2D eigenvalue weighted by Crippen LogP contribution is -2.36. The lowest BCUT2D eigenvalue weighted by molar-refractivity contribution is -0.133. The molecule has 1 unspecified atom stereocenters. The van der Waals surface area contributed by atoms with E-state index in [0.29, 0.717) is 5.91 Å². The predicted molar refractivity (Wildman–Crippen MR) is 80.7 cm³/mol. The fourth-order valence-electron chi connectivity index (χ4n) is 2.64. The topological polar surface area (TPSA) is 20.3 Å². The van der Waals surface area contributed by atoms with Crippen LogP contribution in [0, 0.1) is 0 Å². The van der Waals surface area contributed by atoms with Gasteiger partial charge in [0.15, 0.2) is 0 Å². The van der Waals surface area contributed by atoms with Gasteiger partial charge in [-0.3, -0.25) is 4.79 Å². The monoisotopic (exact) mass is 329 g/mol. The number of likely N-dealkylation sites (N-methyl/N-ethyl adjacent to an activating group) is 1. The Hall–Kier alpha value is -0.350. The second-order valence-electron chi connectivity index (χ2n) is 4.70. The lowest BCUT2D eigenvalue weighted by atomic mass is 9.86. The minimum absolute atomic E-state index is 0.121. The van der Waals surface area contributed by atoms with Crippen molar-refractivity contribution in [2.45, 2.75) is 38.5 Å². The summed E-state index contributed by atoms with van der Waals surface area (Å²) in [5, 5.41) is 3.09. The van der Waals surface area contributed by atoms with E-state index in [9.17, 15) is 4.79 Å². The molecule has 1 atom stereocenters. The summed E-state index contributed by atoms with van der Waals surface area (Å²) < 4.78 is 0. The quantitative estimate of drug-likeness (QED) is 0.752. The number of hydrogen-bond donors (Lipinski definition) is 0. The van der Waals surface area contributed by atoms with E-state index < -0.39 is 0 Å². The molecule has 4 heteroatoms. The van der Waals surface area contributed by atoms with Gasteiger partial charge < -0.3 is 4.90 Å². The Labute approximate surface area is 122 Å². The standard InChI is InChI=1S/C14H20BrNOS/c1-2-16(9-4-8-15)14(17)12-5-3-6-13-11(12)7-10-18-13/h7,10,12H,2-6,8-9H2,1H3. The zero-order chi connectivity index (χ0) is 13.0. The molecule has 0 radical (unpaired) electrons. The van der Waals surface area contributed by atoms with Crippen LogP contribution in [0.25, 0.3) is 0 Å². The molecule has 0 bridgehead atoms. The molecule has 1 aromatic rings. The van der Waals surface area contributed by atoms with E-state index in [2.05, 4.69) is 34.3 Å². The Morgan fingerprint density at radius 1 is 1.61 bits per heavy atom. The minimum atomic E-state index is 0.121. The van der Waals surface area contributed by atoms with Crippen LogP contribution in [-0.4, -0.2) is 29.2 Å². The van der Waals surface area contributed by atoms with Gasteiger partial charge in [-0.25, -0.2) is 0 Å². The Bertz CT molecular complexity index is 404. The predicted octanol–water partition coefficient (Wildman–Crippen LogP) is 3.80. The molecule has 18 heavy (non-hydrogen) atoms. The summed E-state index contributed by atoms with van der Waals surface area (Å²) in [5.41, 5.74) is 1.30. The maximum atomic E-state index is 12.6. The molecular formula is C14H20BrNOS. The van der Waals surface area contributed by atoms with Gasteiger partial charge in [-0.1, -0.05) is 15.9 Å². The van der Waals surface area contributed by atoms with Gasteiger partial charge in [0.25, 0.3) is 0 Å². The number of carbonyl (C=O) groups excluding carboxylic acids is 1. The Kier molecular flexibility index (Phi) is 5.25. The highest BCUT2D eigenvalue weighted by Crippen LogP contribution is 2.36. The van der Waals surface area contributed by atoms with Crippen molar-refractivity contribution in [2.24, 2.45) is 0 Å². The first kappa shape index (κ1) is 14.1. The van der Waals surface area contributed by atoms with E-state index in [1.807, 2.05) is 4.90 Å². The normalized spacial score (nSPS) is 18.4. The van der Waals surface area contributed by atoms with Crippen LogP contribution in [0.5, 0.6) is 0 Å². The smallest absolute Gasteiger partial charge is 0.230 e. The zero-order valence-corrected chi connectivity index (χ0v) is 13.2. The van der Waals surface area contributed by atoms with E-state index in [4.69, 9.17) is 0 Å². The highest BCUT2D eigenvalue weighted by atomic mass is 79.9. The van der Waals surface area contributed by atoms with Crippen molar-refractivity contribution in [3.05, 3.63) is 21.9 Å². The molecule has 0 saturated carbocycles. The molecule has 0 N–H and O–H groups in total. The third-order valence-corrected chi connectivity index (χ3v) is 5.16. The molecule has 100 valence electrons. The zero-order valence-electron chi connectivity index (χ0n) is 10.8. The van der Waals surface area contributed by atoms with Crippen molar-refractivity contribution in [2.75, 3.05) is 18.4 Å². The van der Waals surface area contributed by atoms with E-state index in [1.165, 1.54) is 10.4 Å². The first-order chi connectivity index (χ1) is 8.77. The second-order valence-corrected chi connectivity index (χ2v) is 6.50. The van der Waals surface area contributed by atoms with Crippen LogP contribution in [0.15, 0.2) is 11.4 Å². The molecule has 0 spiro atoms. The number of carbonyl (C=O) groups is 1. The molecule has 0 saturated heterocycles. The highest BCUT2D eigenvalue weighted by molar-refractivity contribution is 9.09. The number of amides is 1. The van der Waals surface area contributed by atoms with Crippen molar-refractivity contribution in [1.29, 1.82) is 0 Å². The Balaban J connectivity index is 2.09. The average molecular weight is 330 g/mol. The molecule has 1 heterocycles. The number of fused-ring (bicyclic) bond motifs is 1. The van der Waals surface area contributed by atoms with Crippen LogP contribution in [0.3, 0.4) is 0 Å². The van der Waals surface area contributed by atoms with E-state index >= 15 is 0 Å². The molecule has 1 aliphatic rings. The maximum absolute atomic E-state index is 12.6. The summed E-state index contributed by atoms with van der Waals surface area (Å²) in [6, 6.07) is 2.15. The summed E-state index contributed by atoms with van der Waals surface area (Å²) >= 11 is 5.24. The fourth-order valence-corrected chi connectivity index (χ4v) is 3.88. The van der Waals surface area contributed by atoms with Crippen LogP contribution >= 0.6 is 27.3 Å². The number of nitrogens with zero attached hydrogens (tertiary/aromatic N) is 1. The van der Waals surface area contributed by atoms with E-state index in [-0.39, 0.29) is 5.92 Å². The molecule has 0 fully saturated rings. The van der Waals surface area contributed by atoms with Crippen LogP contribution in [0.1, 0.15) is 42.5 Å². The van der Waals surface area contributed by atoms with Gasteiger partial charge in [-0.05, 0) is 49.6 Å². The highest BCUT2D eigenvalue weighted by Gasteiger charge is 2.29. The van der Waals surface area contributed by atoms with Gasteiger partial charge in [0.1, 0.15) is 0 Å². The summed E-state index contributed by atoms with van der Waals surface area (Å²) in [5.74, 6) is 0.452. The van der Waals surface area contributed by atoms with Gasteiger partial charge in [-0.15, -0.1) is 11.3 Å². The van der Waals surface area contributed by atoms with Gasteiger partial charge >= 0.3 is 0 Å². The Morgan fingerprint density at radius 2 is 2.44 bits per heavy atom. The number of hydrogen-bond acceptors (Lipinski definition) is 2. The summed E-state index contributed by atoms with van der Waals surface area (Å²) in [7, 11) is 0. The number of alkyl halides is 1.